The molecule has 106 valence electrons. The number of carbonyl (C=O) groups excluding carboxylic acids is 1. The Labute approximate surface area is 122 Å². The Morgan fingerprint density at radius 2 is 2.16 bits per heavy atom. The second-order valence-corrected chi connectivity index (χ2v) is 5.70. The van der Waals surface area contributed by atoms with Gasteiger partial charge in [-0.05, 0) is 49.1 Å². The number of hydrogen-bond donors (Lipinski definition) is 1. The molecule has 0 aromatic heterocycles. The van der Waals surface area contributed by atoms with Crippen molar-refractivity contribution in [3.8, 4) is 0 Å². The van der Waals surface area contributed by atoms with Gasteiger partial charge in [0.2, 0.25) is 0 Å². The first-order valence-electron chi connectivity index (χ1n) is 6.72. The molecule has 0 amide bonds. The standard InChI is InChI=1S/C15H21BrFNO/c1-2-11(7-8-18)3-5-14(19)10-12-9-13(17)4-6-15(12)16/h4,6,9,11H,2-3,5,7-8,10,18H2,1H3. The second kappa shape index (κ2) is 8.43. The molecule has 1 unspecified atom stereocenters. The molecule has 2 N–H and O–H groups in total. The third-order valence-electron chi connectivity index (χ3n) is 3.38. The second-order valence-electron chi connectivity index (χ2n) is 4.84. The molecule has 2 nitrogen and oxygen atoms in total. The van der Waals surface area contributed by atoms with Crippen LogP contribution in [0.2, 0.25) is 0 Å². The average Bonchev–Trinajstić information content (AvgIpc) is 2.39. The maximum atomic E-state index is 13.1. The average molecular weight is 330 g/mol. The third-order valence-corrected chi connectivity index (χ3v) is 4.15. The van der Waals surface area contributed by atoms with Gasteiger partial charge in [0.1, 0.15) is 11.6 Å². The predicted molar refractivity (Wildman–Crippen MR) is 79.5 cm³/mol. The largest absolute Gasteiger partial charge is 0.330 e. The fourth-order valence-corrected chi connectivity index (χ4v) is 2.52. The maximum absolute atomic E-state index is 13.1. The van der Waals surface area contributed by atoms with Crippen LogP contribution in [0.15, 0.2) is 22.7 Å². The van der Waals surface area contributed by atoms with E-state index >= 15 is 0 Å². The van der Waals surface area contributed by atoms with Gasteiger partial charge in [-0.15, -0.1) is 0 Å². The lowest BCUT2D eigenvalue weighted by Crippen LogP contribution is -2.11. The summed E-state index contributed by atoms with van der Waals surface area (Å²) in [6.07, 6.45) is 3.72. The van der Waals surface area contributed by atoms with Crippen LogP contribution < -0.4 is 5.73 Å². The van der Waals surface area contributed by atoms with Crippen molar-refractivity contribution in [1.29, 1.82) is 0 Å². The molecule has 0 saturated heterocycles. The highest BCUT2D eigenvalue weighted by Crippen LogP contribution is 2.20. The Hall–Kier alpha value is -0.740. The van der Waals surface area contributed by atoms with E-state index in [9.17, 15) is 9.18 Å². The Bertz CT molecular complexity index is 423. The fourth-order valence-electron chi connectivity index (χ4n) is 2.13. The summed E-state index contributed by atoms with van der Waals surface area (Å²) in [6.45, 7) is 2.79. The Morgan fingerprint density at radius 1 is 1.42 bits per heavy atom. The van der Waals surface area contributed by atoms with Gasteiger partial charge in [0, 0.05) is 17.3 Å². The van der Waals surface area contributed by atoms with Crippen molar-refractivity contribution in [1.82, 2.24) is 0 Å². The molecule has 0 fully saturated rings. The highest BCUT2D eigenvalue weighted by atomic mass is 79.9. The molecular formula is C15H21BrFNO. The van der Waals surface area contributed by atoms with Crippen LogP contribution in [0.4, 0.5) is 4.39 Å². The summed E-state index contributed by atoms with van der Waals surface area (Å²) in [6, 6.07) is 4.44. The predicted octanol–water partition coefficient (Wildman–Crippen LogP) is 3.86. The van der Waals surface area contributed by atoms with E-state index in [-0.39, 0.29) is 18.0 Å². The molecule has 0 aliphatic carbocycles. The highest BCUT2D eigenvalue weighted by molar-refractivity contribution is 9.10. The van der Waals surface area contributed by atoms with Gasteiger partial charge in [-0.2, -0.15) is 0 Å². The Balaban J connectivity index is 2.48. The van der Waals surface area contributed by atoms with E-state index in [0.29, 0.717) is 18.9 Å². The molecule has 0 radical (unpaired) electrons. The third kappa shape index (κ3) is 5.83. The van der Waals surface area contributed by atoms with Crippen molar-refractivity contribution < 1.29 is 9.18 Å². The SMILES string of the molecule is CCC(CCN)CCC(=O)Cc1cc(F)ccc1Br. The zero-order valence-electron chi connectivity index (χ0n) is 11.3. The number of Topliss-reactive ketones (excluding diaryl/α,β-unsaturated/α-hetero) is 1. The number of ketones is 1. The molecule has 0 heterocycles. The quantitative estimate of drug-likeness (QED) is 0.787. The van der Waals surface area contributed by atoms with Gasteiger partial charge >= 0.3 is 0 Å². The van der Waals surface area contributed by atoms with E-state index in [0.717, 1.165) is 29.3 Å². The topological polar surface area (TPSA) is 43.1 Å². The van der Waals surface area contributed by atoms with Gasteiger partial charge in [-0.3, -0.25) is 4.79 Å². The van der Waals surface area contributed by atoms with E-state index < -0.39 is 0 Å². The molecule has 0 bridgehead atoms. The first-order chi connectivity index (χ1) is 9.06. The first-order valence-corrected chi connectivity index (χ1v) is 7.51. The normalized spacial score (nSPS) is 12.4. The molecule has 0 aliphatic heterocycles. The lowest BCUT2D eigenvalue weighted by molar-refractivity contribution is -0.118. The van der Waals surface area contributed by atoms with E-state index in [4.69, 9.17) is 5.73 Å². The summed E-state index contributed by atoms with van der Waals surface area (Å²) in [5.41, 5.74) is 6.26. The van der Waals surface area contributed by atoms with E-state index in [1.807, 2.05) is 0 Å². The van der Waals surface area contributed by atoms with Crippen molar-refractivity contribution in [2.75, 3.05) is 6.54 Å². The smallest absolute Gasteiger partial charge is 0.137 e. The van der Waals surface area contributed by atoms with E-state index in [1.54, 1.807) is 6.07 Å². The summed E-state index contributed by atoms with van der Waals surface area (Å²) in [4.78, 5) is 11.9. The van der Waals surface area contributed by atoms with Crippen molar-refractivity contribution in [3.05, 3.63) is 34.1 Å². The van der Waals surface area contributed by atoms with Crippen molar-refractivity contribution in [2.24, 2.45) is 11.7 Å². The van der Waals surface area contributed by atoms with Crippen LogP contribution in [0.3, 0.4) is 0 Å². The minimum atomic E-state index is -0.305. The fraction of sp³-hybridized carbons (Fsp3) is 0.533. The summed E-state index contributed by atoms with van der Waals surface area (Å²) in [7, 11) is 0. The van der Waals surface area contributed by atoms with Gasteiger partial charge < -0.3 is 5.73 Å². The summed E-state index contributed by atoms with van der Waals surface area (Å²) in [5.74, 6) is 0.368. The number of hydrogen-bond acceptors (Lipinski definition) is 2. The molecule has 0 aliphatic rings. The molecule has 1 aromatic carbocycles. The summed E-state index contributed by atoms with van der Waals surface area (Å²) in [5, 5.41) is 0. The van der Waals surface area contributed by atoms with Crippen LogP contribution >= 0.6 is 15.9 Å². The molecule has 0 spiro atoms. The van der Waals surface area contributed by atoms with Crippen LogP contribution in [-0.2, 0) is 11.2 Å². The van der Waals surface area contributed by atoms with Gasteiger partial charge in [0.25, 0.3) is 0 Å². The minimum Gasteiger partial charge on any atom is -0.330 e. The molecule has 1 aromatic rings. The lowest BCUT2D eigenvalue weighted by atomic mass is 9.94. The van der Waals surface area contributed by atoms with Crippen LogP contribution in [0.1, 0.15) is 38.2 Å². The summed E-state index contributed by atoms with van der Waals surface area (Å²) < 4.78 is 13.9. The lowest BCUT2D eigenvalue weighted by Gasteiger charge is -2.12. The highest BCUT2D eigenvalue weighted by Gasteiger charge is 2.11. The van der Waals surface area contributed by atoms with Crippen LogP contribution in [0.25, 0.3) is 0 Å². The molecule has 1 rings (SSSR count). The molecule has 0 saturated carbocycles. The zero-order valence-corrected chi connectivity index (χ0v) is 12.9. The van der Waals surface area contributed by atoms with Gasteiger partial charge in [0.05, 0.1) is 0 Å². The van der Waals surface area contributed by atoms with Crippen molar-refractivity contribution >= 4 is 21.7 Å². The zero-order chi connectivity index (χ0) is 14.3. The first kappa shape index (κ1) is 16.3. The van der Waals surface area contributed by atoms with Gasteiger partial charge in [-0.1, -0.05) is 29.3 Å². The molecule has 1 atom stereocenters. The van der Waals surface area contributed by atoms with Crippen LogP contribution in [0, 0.1) is 11.7 Å². The van der Waals surface area contributed by atoms with E-state index in [1.165, 1.54) is 12.1 Å². The van der Waals surface area contributed by atoms with Crippen LogP contribution in [0.5, 0.6) is 0 Å². The molecule has 4 heteroatoms. The van der Waals surface area contributed by atoms with E-state index in [2.05, 4.69) is 22.9 Å². The number of rotatable bonds is 8. The number of benzene rings is 1. The number of nitrogens with two attached hydrogens (primary N) is 1. The Morgan fingerprint density at radius 3 is 2.79 bits per heavy atom. The van der Waals surface area contributed by atoms with Gasteiger partial charge in [-0.25, -0.2) is 4.39 Å². The van der Waals surface area contributed by atoms with Crippen LogP contribution in [-0.4, -0.2) is 12.3 Å². The van der Waals surface area contributed by atoms with Crippen molar-refractivity contribution in [3.63, 3.8) is 0 Å². The number of halogens is 2. The molecular weight excluding hydrogens is 309 g/mol. The summed E-state index contributed by atoms with van der Waals surface area (Å²) >= 11 is 3.34. The number of carbonyl (C=O) groups is 1. The maximum Gasteiger partial charge on any atom is 0.137 e. The molecule has 19 heavy (non-hydrogen) atoms. The monoisotopic (exact) mass is 329 g/mol. The Kier molecular flexibility index (Phi) is 7.24. The van der Waals surface area contributed by atoms with Gasteiger partial charge in [0.15, 0.2) is 0 Å². The van der Waals surface area contributed by atoms with Crippen molar-refractivity contribution in [2.45, 2.75) is 39.0 Å². The minimum absolute atomic E-state index is 0.154.